The number of aromatic nitrogens is 1. The van der Waals surface area contributed by atoms with Crippen LogP contribution in [0.15, 0.2) is 53.5 Å². The number of hydrogen-bond acceptors (Lipinski definition) is 5. The van der Waals surface area contributed by atoms with Gasteiger partial charge in [0.2, 0.25) is 5.88 Å². The van der Waals surface area contributed by atoms with Crippen molar-refractivity contribution >= 4 is 53.0 Å². The maximum Gasteiger partial charge on any atom is 0.270 e. The van der Waals surface area contributed by atoms with Gasteiger partial charge in [-0.1, -0.05) is 47.2 Å². The van der Waals surface area contributed by atoms with Gasteiger partial charge in [0.15, 0.2) is 3.95 Å². The maximum absolute atomic E-state index is 12.5. The molecule has 0 atom stereocenters. The molecule has 7 heteroatoms. The molecule has 1 amide bonds. The van der Waals surface area contributed by atoms with Crippen LogP contribution in [0.25, 0.3) is 11.6 Å². The summed E-state index contributed by atoms with van der Waals surface area (Å²) in [6, 6.07) is 15.0. The highest BCUT2D eigenvalue weighted by molar-refractivity contribution is 7.73. The van der Waals surface area contributed by atoms with E-state index in [4.69, 9.17) is 12.2 Å². The van der Waals surface area contributed by atoms with Crippen LogP contribution >= 0.6 is 23.6 Å². The fraction of sp³-hybridized carbons (Fsp3) is 0.0500. The molecule has 0 radical (unpaired) electrons. The van der Waals surface area contributed by atoms with Gasteiger partial charge in [-0.05, 0) is 43.4 Å². The van der Waals surface area contributed by atoms with Crippen molar-refractivity contribution in [2.24, 2.45) is 4.99 Å². The summed E-state index contributed by atoms with van der Waals surface area (Å²) in [6.07, 6.45) is 3.57. The lowest BCUT2D eigenvalue weighted by Gasteiger charge is -2.08. The molecule has 4 rings (SSSR count). The van der Waals surface area contributed by atoms with Gasteiger partial charge < -0.3 is 5.11 Å². The molecule has 0 saturated carbocycles. The minimum atomic E-state index is -0.338. The predicted octanol–water partition coefficient (Wildman–Crippen LogP) is 4.93. The number of allylic oxidation sites excluding steroid dienone is 1. The van der Waals surface area contributed by atoms with Gasteiger partial charge >= 0.3 is 0 Å². The molecule has 134 valence electrons. The fourth-order valence-corrected chi connectivity index (χ4v) is 4.00. The number of carbonyl (C=O) groups is 1. The third-order valence-electron chi connectivity index (χ3n) is 4.15. The van der Waals surface area contributed by atoms with E-state index in [-0.39, 0.29) is 11.8 Å². The normalized spacial score (nSPS) is 13.7. The van der Waals surface area contributed by atoms with Crippen LogP contribution in [-0.4, -0.2) is 21.9 Å². The van der Waals surface area contributed by atoms with Gasteiger partial charge in [0.25, 0.3) is 5.91 Å². The first-order valence-corrected chi connectivity index (χ1v) is 9.43. The Bertz CT molecular complexity index is 1170. The van der Waals surface area contributed by atoms with Crippen molar-refractivity contribution in [3.8, 4) is 5.88 Å². The highest BCUT2D eigenvalue weighted by Gasteiger charge is 2.17. The summed E-state index contributed by atoms with van der Waals surface area (Å²) in [4.78, 5) is 17.4. The van der Waals surface area contributed by atoms with Crippen molar-refractivity contribution in [3.63, 3.8) is 0 Å². The Morgan fingerprint density at radius 3 is 2.89 bits per heavy atom. The molecule has 27 heavy (non-hydrogen) atoms. The van der Waals surface area contributed by atoms with E-state index in [0.29, 0.717) is 14.4 Å². The van der Waals surface area contributed by atoms with Crippen LogP contribution in [0.4, 0.5) is 5.69 Å². The zero-order chi connectivity index (χ0) is 19.0. The van der Waals surface area contributed by atoms with Gasteiger partial charge in [0.1, 0.15) is 0 Å². The number of nitrogens with zero attached hydrogens (tertiary/aromatic N) is 2. The summed E-state index contributed by atoms with van der Waals surface area (Å²) in [5.41, 5.74) is 6.90. The number of aryl methyl sites for hydroxylation is 1. The molecule has 1 aliphatic rings. The van der Waals surface area contributed by atoms with Crippen LogP contribution in [0.2, 0.25) is 0 Å². The van der Waals surface area contributed by atoms with Gasteiger partial charge in [0, 0.05) is 22.9 Å². The summed E-state index contributed by atoms with van der Waals surface area (Å²) in [7, 11) is 0. The standard InChI is InChI=1S/C20H15N3O2S2/c1-12-5-4-6-13(9-12)18(24)22-23-19(25)17(27-20(23)26)10-14-11-21-16-8-3-2-7-15(14)16/h2-11,25H,1H3,(H,22,24). The quantitative estimate of drug-likeness (QED) is 0.620. The van der Waals surface area contributed by atoms with E-state index in [1.165, 1.54) is 16.0 Å². The molecular formula is C20H15N3O2S2. The van der Waals surface area contributed by atoms with Crippen LogP contribution < -0.4 is 5.43 Å². The Morgan fingerprint density at radius 1 is 1.26 bits per heavy atom. The zero-order valence-electron chi connectivity index (χ0n) is 14.3. The summed E-state index contributed by atoms with van der Waals surface area (Å²) in [5, 5.41) is 10.6. The van der Waals surface area contributed by atoms with Crippen molar-refractivity contribution in [1.82, 2.24) is 4.68 Å². The second kappa shape index (κ2) is 6.94. The molecule has 2 heterocycles. The Labute approximate surface area is 164 Å². The van der Waals surface area contributed by atoms with Gasteiger partial charge in [-0.2, -0.15) is 4.68 Å². The van der Waals surface area contributed by atoms with E-state index in [9.17, 15) is 9.90 Å². The average Bonchev–Trinajstić information content (AvgIpc) is 3.18. The second-order valence-corrected chi connectivity index (χ2v) is 7.75. The molecule has 1 aromatic heterocycles. The van der Waals surface area contributed by atoms with Gasteiger partial charge in [-0.25, -0.2) is 0 Å². The van der Waals surface area contributed by atoms with Crippen LogP contribution in [0.1, 0.15) is 26.4 Å². The second-order valence-electron chi connectivity index (χ2n) is 6.08. The van der Waals surface area contributed by atoms with E-state index >= 15 is 0 Å². The number of fused-ring (bicyclic) bond motifs is 1. The smallest absolute Gasteiger partial charge is 0.270 e. The number of carbonyl (C=O) groups excluding carboxylic acids is 1. The Kier molecular flexibility index (Phi) is 4.47. The molecular weight excluding hydrogens is 378 g/mol. The number of aromatic hydroxyl groups is 1. The molecule has 0 aliphatic carbocycles. The van der Waals surface area contributed by atoms with E-state index < -0.39 is 0 Å². The number of nitrogens with one attached hydrogen (secondary N) is 1. The lowest BCUT2D eigenvalue weighted by atomic mass is 10.1. The molecule has 2 N–H and O–H groups in total. The monoisotopic (exact) mass is 393 g/mol. The van der Waals surface area contributed by atoms with E-state index in [1.54, 1.807) is 18.3 Å². The number of thiazole rings is 1. The predicted molar refractivity (Wildman–Crippen MR) is 112 cm³/mol. The average molecular weight is 393 g/mol. The number of hydrogen-bond donors (Lipinski definition) is 2. The van der Waals surface area contributed by atoms with Crippen LogP contribution in [0.5, 0.6) is 5.88 Å². The Balaban J connectivity index is 1.65. The van der Waals surface area contributed by atoms with Gasteiger partial charge in [0.05, 0.1) is 10.6 Å². The highest BCUT2D eigenvalue weighted by Crippen LogP contribution is 2.35. The molecule has 1 aliphatic heterocycles. The first kappa shape index (κ1) is 17.4. The third-order valence-corrected chi connectivity index (χ3v) is 5.46. The van der Waals surface area contributed by atoms with E-state index in [1.807, 2.05) is 49.4 Å². The molecule has 0 spiro atoms. The molecule has 2 aromatic carbocycles. The highest BCUT2D eigenvalue weighted by atomic mass is 32.1. The lowest BCUT2D eigenvalue weighted by molar-refractivity contribution is 0.101. The number of para-hydroxylation sites is 1. The summed E-state index contributed by atoms with van der Waals surface area (Å²) < 4.78 is 1.58. The molecule has 3 aromatic rings. The minimum Gasteiger partial charge on any atom is -0.492 e. The van der Waals surface area contributed by atoms with Crippen LogP contribution in [0.3, 0.4) is 0 Å². The first-order valence-electron chi connectivity index (χ1n) is 8.21. The number of rotatable bonds is 3. The SMILES string of the molecule is Cc1cccc(C(=O)Nn2c(O)c(C=C3C=Nc4ccccc43)sc2=S)c1. The summed E-state index contributed by atoms with van der Waals surface area (Å²) >= 11 is 6.53. The number of benzene rings is 2. The van der Waals surface area contributed by atoms with Crippen molar-refractivity contribution in [3.05, 3.63) is 74.1 Å². The first-order chi connectivity index (χ1) is 13.0. The van der Waals surface area contributed by atoms with Gasteiger partial charge in [-0.15, -0.1) is 0 Å². The third kappa shape index (κ3) is 3.34. The zero-order valence-corrected chi connectivity index (χ0v) is 16.0. The van der Waals surface area contributed by atoms with Crippen LogP contribution in [0, 0.1) is 10.9 Å². The Morgan fingerprint density at radius 2 is 2.07 bits per heavy atom. The minimum absolute atomic E-state index is 0.101. The molecule has 0 saturated heterocycles. The lowest BCUT2D eigenvalue weighted by Crippen LogP contribution is -2.22. The number of aliphatic imine (C=N–C) groups is 1. The van der Waals surface area contributed by atoms with Crippen LogP contribution in [-0.2, 0) is 0 Å². The molecule has 0 fully saturated rings. The van der Waals surface area contributed by atoms with E-state index in [0.717, 1.165) is 22.4 Å². The van der Waals surface area contributed by atoms with Crippen molar-refractivity contribution in [2.45, 2.75) is 6.92 Å². The topological polar surface area (TPSA) is 66.6 Å². The molecule has 5 nitrogen and oxygen atoms in total. The largest absolute Gasteiger partial charge is 0.492 e. The maximum atomic E-state index is 12.5. The van der Waals surface area contributed by atoms with Crippen molar-refractivity contribution < 1.29 is 9.90 Å². The number of amides is 1. The fourth-order valence-electron chi connectivity index (χ4n) is 2.82. The van der Waals surface area contributed by atoms with Gasteiger partial charge in [-0.3, -0.25) is 15.2 Å². The van der Waals surface area contributed by atoms with Crippen molar-refractivity contribution in [1.29, 1.82) is 0 Å². The Hall–Kier alpha value is -3.03. The van der Waals surface area contributed by atoms with Crippen molar-refractivity contribution in [2.75, 3.05) is 5.43 Å². The summed E-state index contributed by atoms with van der Waals surface area (Å²) in [6.45, 7) is 1.91. The molecule has 0 bridgehead atoms. The molecule has 0 unspecified atom stereocenters. The summed E-state index contributed by atoms with van der Waals surface area (Å²) in [5.74, 6) is -0.439. The van der Waals surface area contributed by atoms with E-state index in [2.05, 4.69) is 10.4 Å².